The van der Waals surface area contributed by atoms with E-state index in [2.05, 4.69) is 18.7 Å². The topological polar surface area (TPSA) is 61.1 Å². The Morgan fingerprint density at radius 2 is 1.68 bits per heavy atom. The summed E-state index contributed by atoms with van der Waals surface area (Å²) in [6, 6.07) is 12.6. The van der Waals surface area contributed by atoms with Crippen LogP contribution in [0.1, 0.15) is 26.7 Å². The molecule has 0 aliphatic heterocycles. The summed E-state index contributed by atoms with van der Waals surface area (Å²) in [6.07, 6.45) is 1.86. The molecule has 0 saturated carbocycles. The van der Waals surface area contributed by atoms with Gasteiger partial charge in [-0.3, -0.25) is 4.79 Å². The Kier molecular flexibility index (Phi) is 7.95. The van der Waals surface area contributed by atoms with Crippen molar-refractivity contribution in [2.75, 3.05) is 40.5 Å². The summed E-state index contributed by atoms with van der Waals surface area (Å²) >= 11 is 0. The molecule has 3 aromatic rings. The van der Waals surface area contributed by atoms with E-state index in [4.69, 9.17) is 18.6 Å². The van der Waals surface area contributed by atoms with Gasteiger partial charge in [-0.05, 0) is 62.8 Å². The van der Waals surface area contributed by atoms with Crippen LogP contribution >= 0.6 is 0 Å². The first-order valence-electron chi connectivity index (χ1n) is 10.8. The Labute approximate surface area is 183 Å². The molecule has 3 rings (SSSR count). The monoisotopic (exact) mass is 425 g/mol. The minimum absolute atomic E-state index is 0.171. The Morgan fingerprint density at radius 3 is 2.39 bits per heavy atom. The molecule has 0 spiro atoms. The molecule has 0 bridgehead atoms. The molecule has 2 aromatic carbocycles. The second-order valence-corrected chi connectivity index (χ2v) is 7.24. The third-order valence-electron chi connectivity index (χ3n) is 5.41. The van der Waals surface area contributed by atoms with Crippen LogP contribution in [-0.4, -0.2) is 45.4 Å². The zero-order chi connectivity index (χ0) is 22.2. The molecule has 0 aliphatic rings. The van der Waals surface area contributed by atoms with Gasteiger partial charge in [-0.2, -0.15) is 0 Å². The van der Waals surface area contributed by atoms with E-state index < -0.39 is 0 Å². The van der Waals surface area contributed by atoms with Crippen LogP contribution in [0.5, 0.6) is 17.2 Å². The Bertz CT molecular complexity index is 1060. The number of para-hydroxylation sites is 1. The quantitative estimate of drug-likeness (QED) is 0.404. The maximum Gasteiger partial charge on any atom is 0.235 e. The lowest BCUT2D eigenvalue weighted by molar-refractivity contribution is 0.263. The van der Waals surface area contributed by atoms with Gasteiger partial charge in [-0.25, -0.2) is 0 Å². The van der Waals surface area contributed by atoms with Gasteiger partial charge < -0.3 is 23.5 Å². The van der Waals surface area contributed by atoms with Gasteiger partial charge in [-0.15, -0.1) is 0 Å². The first kappa shape index (κ1) is 22.7. The largest absolute Gasteiger partial charge is 0.493 e. The van der Waals surface area contributed by atoms with E-state index in [0.29, 0.717) is 40.4 Å². The van der Waals surface area contributed by atoms with Crippen molar-refractivity contribution in [3.8, 4) is 28.6 Å². The number of benzene rings is 2. The molecule has 0 amide bonds. The molecule has 1 aromatic heterocycles. The van der Waals surface area contributed by atoms with Crippen LogP contribution in [0.25, 0.3) is 22.3 Å². The average molecular weight is 426 g/mol. The molecule has 166 valence electrons. The van der Waals surface area contributed by atoms with Gasteiger partial charge in [0, 0.05) is 5.56 Å². The van der Waals surface area contributed by atoms with Crippen molar-refractivity contribution in [2.24, 2.45) is 0 Å². The maximum absolute atomic E-state index is 13.2. The summed E-state index contributed by atoms with van der Waals surface area (Å²) in [5.41, 5.74) is 1.04. The van der Waals surface area contributed by atoms with E-state index >= 15 is 0 Å². The van der Waals surface area contributed by atoms with E-state index in [9.17, 15) is 4.79 Å². The molecule has 0 radical (unpaired) electrons. The third-order valence-corrected chi connectivity index (χ3v) is 5.41. The van der Waals surface area contributed by atoms with E-state index in [-0.39, 0.29) is 11.2 Å². The molecule has 1 heterocycles. The van der Waals surface area contributed by atoms with Crippen LogP contribution in [0.15, 0.2) is 51.7 Å². The third kappa shape index (κ3) is 5.20. The lowest BCUT2D eigenvalue weighted by Gasteiger charge is -2.17. The number of hydrogen-bond donors (Lipinski definition) is 0. The minimum Gasteiger partial charge on any atom is -0.493 e. The van der Waals surface area contributed by atoms with Crippen LogP contribution < -0.4 is 19.6 Å². The molecular weight excluding hydrogens is 394 g/mol. The highest BCUT2D eigenvalue weighted by Crippen LogP contribution is 2.36. The molecule has 0 fully saturated rings. The van der Waals surface area contributed by atoms with Gasteiger partial charge in [0.15, 0.2) is 17.3 Å². The Morgan fingerprint density at radius 1 is 0.935 bits per heavy atom. The summed E-state index contributed by atoms with van der Waals surface area (Å²) in [4.78, 5) is 15.6. The molecule has 6 heteroatoms. The van der Waals surface area contributed by atoms with Crippen LogP contribution in [0.3, 0.4) is 0 Å². The number of hydrogen-bond acceptors (Lipinski definition) is 6. The van der Waals surface area contributed by atoms with E-state index in [0.717, 1.165) is 32.5 Å². The molecular formula is C25H31NO5. The standard InChI is InChI=1S/C25H31NO5/c1-5-26(6-2)15-9-10-16-30-25-23(27)19-11-7-8-12-20(19)31-24(25)18-13-14-21(28-3)22(17-18)29-4/h7-8,11-14,17H,5-6,9-10,15-16H2,1-4H3. The van der Waals surface area contributed by atoms with Crippen LogP contribution in [0, 0.1) is 0 Å². The predicted octanol–water partition coefficient (Wildman–Crippen LogP) is 4.98. The fraction of sp³-hybridized carbons (Fsp3) is 0.400. The van der Waals surface area contributed by atoms with E-state index in [1.165, 1.54) is 0 Å². The highest BCUT2D eigenvalue weighted by Gasteiger charge is 2.19. The number of unbranched alkanes of at least 4 members (excludes halogenated alkanes) is 1. The smallest absolute Gasteiger partial charge is 0.235 e. The van der Waals surface area contributed by atoms with E-state index in [1.54, 1.807) is 38.5 Å². The molecule has 0 atom stereocenters. The highest BCUT2D eigenvalue weighted by molar-refractivity contribution is 5.82. The first-order valence-corrected chi connectivity index (χ1v) is 10.8. The SMILES string of the molecule is CCN(CC)CCCCOc1c(-c2ccc(OC)c(OC)c2)oc2ccccc2c1=O. The average Bonchev–Trinajstić information content (AvgIpc) is 2.82. The first-order chi connectivity index (χ1) is 15.1. The maximum atomic E-state index is 13.2. The van der Waals surface area contributed by atoms with Gasteiger partial charge in [0.2, 0.25) is 11.2 Å². The number of methoxy groups -OCH3 is 2. The van der Waals surface area contributed by atoms with Crippen molar-refractivity contribution in [1.29, 1.82) is 0 Å². The van der Waals surface area contributed by atoms with Gasteiger partial charge >= 0.3 is 0 Å². The summed E-state index contributed by atoms with van der Waals surface area (Å²) in [7, 11) is 3.16. The number of ether oxygens (including phenoxy) is 3. The van der Waals surface area contributed by atoms with Crippen molar-refractivity contribution in [1.82, 2.24) is 4.90 Å². The summed E-state index contributed by atoms with van der Waals surface area (Å²) in [5, 5.41) is 0.505. The van der Waals surface area contributed by atoms with Gasteiger partial charge in [0.1, 0.15) is 5.58 Å². The second-order valence-electron chi connectivity index (χ2n) is 7.24. The lowest BCUT2D eigenvalue weighted by atomic mass is 10.1. The summed E-state index contributed by atoms with van der Waals surface area (Å²) in [6.45, 7) is 7.87. The molecule has 0 aliphatic carbocycles. The number of nitrogens with zero attached hydrogens (tertiary/aromatic N) is 1. The zero-order valence-corrected chi connectivity index (χ0v) is 18.8. The predicted molar refractivity (Wildman–Crippen MR) is 124 cm³/mol. The van der Waals surface area contributed by atoms with Gasteiger partial charge in [0.05, 0.1) is 26.2 Å². The van der Waals surface area contributed by atoms with Crippen molar-refractivity contribution >= 4 is 11.0 Å². The van der Waals surface area contributed by atoms with Crippen LogP contribution in [-0.2, 0) is 0 Å². The zero-order valence-electron chi connectivity index (χ0n) is 18.8. The fourth-order valence-corrected chi connectivity index (χ4v) is 3.58. The molecule has 0 N–H and O–H groups in total. The highest BCUT2D eigenvalue weighted by atomic mass is 16.5. The van der Waals surface area contributed by atoms with Crippen LogP contribution in [0.2, 0.25) is 0 Å². The Hall–Kier alpha value is -2.99. The molecule has 6 nitrogen and oxygen atoms in total. The molecule has 0 unspecified atom stereocenters. The number of fused-ring (bicyclic) bond motifs is 1. The van der Waals surface area contributed by atoms with Gasteiger partial charge in [-0.1, -0.05) is 26.0 Å². The minimum atomic E-state index is -0.171. The van der Waals surface area contributed by atoms with Crippen molar-refractivity contribution in [3.05, 3.63) is 52.7 Å². The lowest BCUT2D eigenvalue weighted by Crippen LogP contribution is -2.24. The summed E-state index contributed by atoms with van der Waals surface area (Å²) in [5.74, 6) is 1.79. The molecule has 31 heavy (non-hydrogen) atoms. The molecule has 0 saturated heterocycles. The van der Waals surface area contributed by atoms with Crippen molar-refractivity contribution < 1.29 is 18.6 Å². The Balaban J connectivity index is 1.92. The van der Waals surface area contributed by atoms with Gasteiger partial charge in [0.25, 0.3) is 0 Å². The summed E-state index contributed by atoms with van der Waals surface area (Å²) < 4.78 is 22.9. The number of rotatable bonds is 11. The van der Waals surface area contributed by atoms with Crippen LogP contribution in [0.4, 0.5) is 0 Å². The fourth-order valence-electron chi connectivity index (χ4n) is 3.58. The van der Waals surface area contributed by atoms with Crippen molar-refractivity contribution in [2.45, 2.75) is 26.7 Å². The van der Waals surface area contributed by atoms with E-state index in [1.807, 2.05) is 18.2 Å². The second kappa shape index (κ2) is 10.9. The normalized spacial score (nSPS) is 11.1. The van der Waals surface area contributed by atoms with Crippen molar-refractivity contribution in [3.63, 3.8) is 0 Å².